The Hall–Kier alpha value is -11.1. The monoisotopic (exact) mass is 1050 g/mol. The number of para-hydroxylation sites is 8. The molecular formula is C76H56N6. The highest BCUT2D eigenvalue weighted by Crippen LogP contribution is 2.44. The van der Waals surface area contributed by atoms with Gasteiger partial charge in [0.2, 0.25) is 0 Å². The van der Waals surface area contributed by atoms with Gasteiger partial charge in [-0.2, -0.15) is 0 Å². The molecule has 82 heavy (non-hydrogen) atoms. The van der Waals surface area contributed by atoms with Gasteiger partial charge in [-0.1, -0.05) is 194 Å². The molecule has 13 rings (SSSR count). The highest BCUT2D eigenvalue weighted by Gasteiger charge is 2.23. The van der Waals surface area contributed by atoms with Crippen LogP contribution in [0.15, 0.2) is 340 Å². The Morgan fingerprint density at radius 2 is 0.256 bits per heavy atom. The quantitative estimate of drug-likeness (QED) is 0.0960. The largest absolute Gasteiger partial charge is 0.311 e. The van der Waals surface area contributed by atoms with E-state index in [1.54, 1.807) is 0 Å². The van der Waals surface area contributed by atoms with Crippen LogP contribution in [-0.2, 0) is 0 Å². The molecule has 12 aromatic carbocycles. The first-order valence-corrected chi connectivity index (χ1v) is 27.6. The standard InChI is InChI=1S/C76H56N6/c1-9-25-61(26-10-1)79(62-27-11-2-12-28-62)69-49-41-57(42-50-69)73-74(58-43-51-70(52-44-58)80(63-29-13-3-14-30-63)64-31-15-4-16-32-64)78-76(60-47-55-72(56-48-60)82(67-37-21-7-22-38-67)68-39-23-8-24-40-68)75(77-73)59-45-53-71(54-46-59)81(65-33-17-5-18-34-65)66-35-19-6-20-36-66/h1-56H. The lowest BCUT2D eigenvalue weighted by Gasteiger charge is -2.26. The van der Waals surface area contributed by atoms with Gasteiger partial charge in [0.15, 0.2) is 0 Å². The molecule has 0 N–H and O–H groups in total. The van der Waals surface area contributed by atoms with Crippen molar-refractivity contribution in [3.63, 3.8) is 0 Å². The van der Waals surface area contributed by atoms with E-state index in [4.69, 9.17) is 9.97 Å². The highest BCUT2D eigenvalue weighted by atomic mass is 15.2. The Balaban J connectivity index is 0.997. The maximum absolute atomic E-state index is 5.84. The van der Waals surface area contributed by atoms with E-state index in [9.17, 15) is 0 Å². The van der Waals surface area contributed by atoms with Crippen LogP contribution in [0.25, 0.3) is 45.0 Å². The molecule has 0 spiro atoms. The van der Waals surface area contributed by atoms with E-state index in [0.717, 1.165) is 113 Å². The summed E-state index contributed by atoms with van der Waals surface area (Å²) in [5.74, 6) is 0. The number of anilines is 12. The maximum Gasteiger partial charge on any atom is 0.0973 e. The highest BCUT2D eigenvalue weighted by molar-refractivity contribution is 5.90. The second-order valence-corrected chi connectivity index (χ2v) is 19.8. The third-order valence-electron chi connectivity index (χ3n) is 14.6. The molecule has 0 aliphatic rings. The van der Waals surface area contributed by atoms with Gasteiger partial charge in [-0.05, 0) is 146 Å². The van der Waals surface area contributed by atoms with E-state index < -0.39 is 0 Å². The predicted molar refractivity (Wildman–Crippen MR) is 343 cm³/mol. The molecule has 0 aliphatic carbocycles. The van der Waals surface area contributed by atoms with Crippen LogP contribution < -0.4 is 19.6 Å². The minimum Gasteiger partial charge on any atom is -0.311 e. The normalized spacial score (nSPS) is 10.9. The summed E-state index contributed by atoms with van der Waals surface area (Å²) >= 11 is 0. The van der Waals surface area contributed by atoms with Crippen molar-refractivity contribution < 1.29 is 0 Å². The fourth-order valence-corrected chi connectivity index (χ4v) is 10.7. The average molecular weight is 1050 g/mol. The summed E-state index contributed by atoms with van der Waals surface area (Å²) in [7, 11) is 0. The van der Waals surface area contributed by atoms with Gasteiger partial charge >= 0.3 is 0 Å². The second-order valence-electron chi connectivity index (χ2n) is 19.8. The number of nitrogens with zero attached hydrogens (tertiary/aromatic N) is 6. The van der Waals surface area contributed by atoms with Crippen LogP contribution in [0.4, 0.5) is 68.2 Å². The lowest BCUT2D eigenvalue weighted by Crippen LogP contribution is -2.10. The molecule has 0 saturated carbocycles. The smallest absolute Gasteiger partial charge is 0.0973 e. The van der Waals surface area contributed by atoms with Gasteiger partial charge in [-0.25, -0.2) is 9.97 Å². The second kappa shape index (κ2) is 23.5. The third kappa shape index (κ3) is 10.6. The summed E-state index contributed by atoms with van der Waals surface area (Å²) in [5.41, 5.74) is 19.4. The molecule has 1 aromatic heterocycles. The molecule has 6 nitrogen and oxygen atoms in total. The molecule has 0 fully saturated rings. The lowest BCUT2D eigenvalue weighted by molar-refractivity contribution is 1.21. The van der Waals surface area contributed by atoms with E-state index >= 15 is 0 Å². The van der Waals surface area contributed by atoms with Crippen molar-refractivity contribution in [2.45, 2.75) is 0 Å². The minimum atomic E-state index is 0.766. The molecule has 6 heteroatoms. The van der Waals surface area contributed by atoms with E-state index in [0.29, 0.717) is 0 Å². The Labute approximate surface area is 480 Å². The first-order chi connectivity index (χ1) is 40.7. The number of hydrogen-bond acceptors (Lipinski definition) is 6. The fraction of sp³-hybridized carbons (Fsp3) is 0. The van der Waals surface area contributed by atoms with Crippen molar-refractivity contribution in [3.05, 3.63) is 340 Å². The summed E-state index contributed by atoms with van der Waals surface area (Å²) in [6.45, 7) is 0. The number of aromatic nitrogens is 2. The molecule has 0 unspecified atom stereocenters. The minimum absolute atomic E-state index is 0.766. The van der Waals surface area contributed by atoms with E-state index in [2.05, 4.69) is 359 Å². The topological polar surface area (TPSA) is 38.7 Å². The van der Waals surface area contributed by atoms with Gasteiger partial charge in [-0.15, -0.1) is 0 Å². The van der Waals surface area contributed by atoms with Crippen molar-refractivity contribution in [3.8, 4) is 45.0 Å². The zero-order valence-corrected chi connectivity index (χ0v) is 45.0. The molecule has 13 aromatic rings. The first-order valence-electron chi connectivity index (χ1n) is 27.6. The van der Waals surface area contributed by atoms with Crippen LogP contribution in [0.2, 0.25) is 0 Å². The molecule has 0 aliphatic heterocycles. The number of benzene rings is 12. The molecule has 0 saturated heterocycles. The van der Waals surface area contributed by atoms with Crippen LogP contribution in [-0.4, -0.2) is 9.97 Å². The van der Waals surface area contributed by atoms with Gasteiger partial charge in [0.1, 0.15) is 0 Å². The van der Waals surface area contributed by atoms with Crippen LogP contribution in [0.1, 0.15) is 0 Å². The summed E-state index contributed by atoms with van der Waals surface area (Å²) < 4.78 is 0. The van der Waals surface area contributed by atoms with Gasteiger partial charge in [0.05, 0.1) is 22.8 Å². The average Bonchev–Trinajstić information content (AvgIpc) is 3.75. The molecule has 0 amide bonds. The van der Waals surface area contributed by atoms with Crippen molar-refractivity contribution in [2.24, 2.45) is 0 Å². The molecular weight excluding hydrogens is 997 g/mol. The molecule has 0 atom stereocenters. The van der Waals surface area contributed by atoms with E-state index in [-0.39, 0.29) is 0 Å². The van der Waals surface area contributed by atoms with Crippen molar-refractivity contribution in [2.75, 3.05) is 19.6 Å². The Bertz CT molecular complexity index is 3430. The first kappa shape index (κ1) is 50.4. The molecule has 0 radical (unpaired) electrons. The van der Waals surface area contributed by atoms with Crippen LogP contribution in [0.5, 0.6) is 0 Å². The summed E-state index contributed by atoms with van der Waals surface area (Å²) in [6.07, 6.45) is 0. The Morgan fingerprint density at radius 3 is 0.390 bits per heavy atom. The third-order valence-corrected chi connectivity index (χ3v) is 14.6. The summed E-state index contributed by atoms with van der Waals surface area (Å²) in [6, 6.07) is 119. The van der Waals surface area contributed by atoms with Gasteiger partial charge in [0.25, 0.3) is 0 Å². The summed E-state index contributed by atoms with van der Waals surface area (Å²) in [4.78, 5) is 20.8. The van der Waals surface area contributed by atoms with Crippen molar-refractivity contribution >= 4 is 68.2 Å². The van der Waals surface area contributed by atoms with Crippen LogP contribution >= 0.6 is 0 Å². The van der Waals surface area contributed by atoms with Gasteiger partial charge in [-0.3, -0.25) is 0 Å². The van der Waals surface area contributed by atoms with Gasteiger partial charge < -0.3 is 19.6 Å². The Kier molecular flexibility index (Phi) is 14.4. The Morgan fingerprint density at radius 1 is 0.134 bits per heavy atom. The lowest BCUT2D eigenvalue weighted by atomic mass is 9.98. The van der Waals surface area contributed by atoms with Crippen molar-refractivity contribution in [1.29, 1.82) is 0 Å². The SMILES string of the molecule is c1ccc(N(c2ccccc2)c2ccc(-c3nc(-c4ccc(N(c5ccccc5)c5ccccc5)cc4)c(-c4ccc(N(c5ccccc5)c5ccccc5)cc4)nc3-c3ccc(N(c4ccccc4)c4ccccc4)cc3)cc2)cc1. The number of hydrogen-bond donors (Lipinski definition) is 0. The van der Waals surface area contributed by atoms with Crippen LogP contribution in [0.3, 0.4) is 0 Å². The van der Waals surface area contributed by atoms with E-state index in [1.165, 1.54) is 0 Å². The molecule has 390 valence electrons. The fourth-order valence-electron chi connectivity index (χ4n) is 10.7. The van der Waals surface area contributed by atoms with E-state index in [1.807, 2.05) is 0 Å². The molecule has 0 bridgehead atoms. The molecule has 1 heterocycles. The zero-order valence-electron chi connectivity index (χ0n) is 45.0. The van der Waals surface area contributed by atoms with Gasteiger partial charge in [0, 0.05) is 90.5 Å². The van der Waals surface area contributed by atoms with Crippen molar-refractivity contribution in [1.82, 2.24) is 9.97 Å². The summed E-state index contributed by atoms with van der Waals surface area (Å²) in [5, 5.41) is 0. The predicted octanol–water partition coefficient (Wildman–Crippen LogP) is 21.0. The van der Waals surface area contributed by atoms with Crippen LogP contribution in [0, 0.1) is 0 Å². The zero-order chi connectivity index (χ0) is 54.9. The maximum atomic E-state index is 5.84. The number of rotatable bonds is 16.